The fourth-order valence-corrected chi connectivity index (χ4v) is 4.08. The molecule has 1 saturated heterocycles. The molecule has 2 aliphatic rings. The Bertz CT molecular complexity index is 456. The van der Waals surface area contributed by atoms with Gasteiger partial charge in [0.2, 0.25) is 0 Å². The Labute approximate surface area is 129 Å². The Morgan fingerprint density at radius 2 is 1.90 bits per heavy atom. The van der Waals surface area contributed by atoms with E-state index in [1.54, 1.807) is 0 Å². The van der Waals surface area contributed by atoms with Crippen LogP contribution in [-0.2, 0) is 0 Å². The maximum Gasteiger partial charge on any atom is 0.0473 e. The van der Waals surface area contributed by atoms with Crippen LogP contribution in [0, 0.1) is 5.41 Å². The van der Waals surface area contributed by atoms with E-state index in [0.717, 1.165) is 13.1 Å². The van der Waals surface area contributed by atoms with Crippen LogP contribution in [0.5, 0.6) is 0 Å². The molecule has 0 bridgehead atoms. The summed E-state index contributed by atoms with van der Waals surface area (Å²) < 4.78 is 0. The summed E-state index contributed by atoms with van der Waals surface area (Å²) in [5, 5.41) is 3.74. The average Bonchev–Trinajstić information content (AvgIpc) is 2.43. The highest BCUT2D eigenvalue weighted by Gasteiger charge is 2.41. The minimum absolute atomic E-state index is 0.226. The predicted molar refractivity (Wildman–Crippen MR) is 89.4 cm³/mol. The number of hydrogen-bond acceptors (Lipinski definition) is 2. The molecular formula is C19H30N2. The lowest BCUT2D eigenvalue weighted by Crippen LogP contribution is -2.60. The molecule has 3 rings (SSSR count). The highest BCUT2D eigenvalue weighted by molar-refractivity contribution is 5.21. The second-order valence-corrected chi connectivity index (χ2v) is 7.80. The molecule has 0 amide bonds. The van der Waals surface area contributed by atoms with E-state index in [-0.39, 0.29) is 5.54 Å². The first-order chi connectivity index (χ1) is 10.0. The van der Waals surface area contributed by atoms with E-state index in [1.165, 1.54) is 37.8 Å². The SMILES string of the molecule is CCC1(CN2CC(C)(C)NCC2c2ccccc2)CCC1. The summed E-state index contributed by atoms with van der Waals surface area (Å²) in [6, 6.07) is 11.6. The maximum absolute atomic E-state index is 3.74. The third kappa shape index (κ3) is 3.17. The number of nitrogens with zero attached hydrogens (tertiary/aromatic N) is 1. The summed E-state index contributed by atoms with van der Waals surface area (Å²) in [6.07, 6.45) is 5.61. The van der Waals surface area contributed by atoms with Gasteiger partial charge in [0.1, 0.15) is 0 Å². The molecule has 21 heavy (non-hydrogen) atoms. The topological polar surface area (TPSA) is 15.3 Å². The Balaban J connectivity index is 1.80. The van der Waals surface area contributed by atoms with Crippen LogP contribution in [-0.4, -0.2) is 30.1 Å². The third-order valence-corrected chi connectivity index (χ3v) is 5.70. The van der Waals surface area contributed by atoms with Crippen molar-refractivity contribution in [2.75, 3.05) is 19.6 Å². The van der Waals surface area contributed by atoms with Crippen LogP contribution >= 0.6 is 0 Å². The molecule has 2 nitrogen and oxygen atoms in total. The normalized spacial score (nSPS) is 28.0. The Hall–Kier alpha value is -0.860. The molecule has 116 valence electrons. The van der Waals surface area contributed by atoms with Crippen molar-refractivity contribution in [2.45, 2.75) is 58.0 Å². The number of nitrogens with one attached hydrogen (secondary N) is 1. The number of rotatable bonds is 4. The van der Waals surface area contributed by atoms with Crippen LogP contribution in [0.25, 0.3) is 0 Å². The molecule has 1 aromatic rings. The smallest absolute Gasteiger partial charge is 0.0473 e. The molecule has 0 aromatic heterocycles. The van der Waals surface area contributed by atoms with Crippen LogP contribution in [0.4, 0.5) is 0 Å². The van der Waals surface area contributed by atoms with Gasteiger partial charge in [-0.2, -0.15) is 0 Å². The van der Waals surface area contributed by atoms with Crippen molar-refractivity contribution in [2.24, 2.45) is 5.41 Å². The maximum atomic E-state index is 3.74. The molecule has 2 fully saturated rings. The van der Waals surface area contributed by atoms with E-state index in [4.69, 9.17) is 0 Å². The van der Waals surface area contributed by atoms with E-state index >= 15 is 0 Å². The highest BCUT2D eigenvalue weighted by Crippen LogP contribution is 2.46. The van der Waals surface area contributed by atoms with E-state index < -0.39 is 0 Å². The van der Waals surface area contributed by atoms with Crippen LogP contribution in [0.1, 0.15) is 58.1 Å². The average molecular weight is 286 g/mol. The van der Waals surface area contributed by atoms with E-state index in [2.05, 4.69) is 61.3 Å². The lowest BCUT2D eigenvalue weighted by Gasteiger charge is -2.51. The van der Waals surface area contributed by atoms with Crippen LogP contribution < -0.4 is 5.32 Å². The summed E-state index contributed by atoms with van der Waals surface area (Å²) in [4.78, 5) is 2.76. The third-order valence-electron chi connectivity index (χ3n) is 5.70. The molecule has 1 aromatic carbocycles. The van der Waals surface area contributed by atoms with Crippen molar-refractivity contribution >= 4 is 0 Å². The molecule has 1 aliphatic carbocycles. The predicted octanol–water partition coefficient (Wildman–Crippen LogP) is 3.99. The van der Waals surface area contributed by atoms with Gasteiger partial charge in [0.05, 0.1) is 0 Å². The molecule has 0 spiro atoms. The van der Waals surface area contributed by atoms with Gasteiger partial charge in [0, 0.05) is 31.2 Å². The Morgan fingerprint density at radius 1 is 1.19 bits per heavy atom. The van der Waals surface area contributed by atoms with E-state index in [1.807, 2.05) is 0 Å². The van der Waals surface area contributed by atoms with Crippen molar-refractivity contribution in [3.63, 3.8) is 0 Å². The van der Waals surface area contributed by atoms with Gasteiger partial charge in [0.15, 0.2) is 0 Å². The summed E-state index contributed by atoms with van der Waals surface area (Å²) in [5.74, 6) is 0. The molecule has 1 heterocycles. The molecular weight excluding hydrogens is 256 g/mol. The number of hydrogen-bond donors (Lipinski definition) is 1. The molecule has 0 radical (unpaired) electrons. The lowest BCUT2D eigenvalue weighted by molar-refractivity contribution is 0.00700. The first-order valence-corrected chi connectivity index (χ1v) is 8.58. The number of piperazine rings is 1. The minimum Gasteiger partial charge on any atom is -0.309 e. The summed E-state index contributed by atoms with van der Waals surface area (Å²) in [6.45, 7) is 10.5. The van der Waals surface area contributed by atoms with Crippen LogP contribution in [0.2, 0.25) is 0 Å². The number of benzene rings is 1. The summed E-state index contributed by atoms with van der Waals surface area (Å²) in [7, 11) is 0. The highest BCUT2D eigenvalue weighted by atomic mass is 15.3. The van der Waals surface area contributed by atoms with Gasteiger partial charge in [0.25, 0.3) is 0 Å². The van der Waals surface area contributed by atoms with Crippen molar-refractivity contribution in [1.82, 2.24) is 10.2 Å². The van der Waals surface area contributed by atoms with Gasteiger partial charge in [-0.05, 0) is 44.1 Å². The molecule has 1 aliphatic heterocycles. The van der Waals surface area contributed by atoms with Crippen LogP contribution in [0.15, 0.2) is 30.3 Å². The summed E-state index contributed by atoms with van der Waals surface area (Å²) in [5.41, 5.74) is 2.29. The summed E-state index contributed by atoms with van der Waals surface area (Å²) >= 11 is 0. The van der Waals surface area contributed by atoms with Gasteiger partial charge in [-0.3, -0.25) is 4.90 Å². The second-order valence-electron chi connectivity index (χ2n) is 7.80. The molecule has 1 atom stereocenters. The molecule has 1 N–H and O–H groups in total. The van der Waals surface area contributed by atoms with Gasteiger partial charge in [-0.15, -0.1) is 0 Å². The molecule has 2 heteroatoms. The second kappa shape index (κ2) is 5.73. The monoisotopic (exact) mass is 286 g/mol. The Kier molecular flexibility index (Phi) is 4.11. The van der Waals surface area contributed by atoms with Crippen molar-refractivity contribution in [3.05, 3.63) is 35.9 Å². The zero-order valence-electron chi connectivity index (χ0n) is 13.9. The standard InChI is InChI=1S/C19H30N2/c1-4-19(11-8-12-19)15-21-14-18(2,3)20-13-17(21)16-9-6-5-7-10-16/h5-7,9-10,17,20H,4,8,11-15H2,1-3H3. The van der Waals surface area contributed by atoms with E-state index in [9.17, 15) is 0 Å². The van der Waals surface area contributed by atoms with Crippen LogP contribution in [0.3, 0.4) is 0 Å². The Morgan fingerprint density at radius 3 is 2.48 bits per heavy atom. The first kappa shape index (κ1) is 15.1. The van der Waals surface area contributed by atoms with Crippen molar-refractivity contribution < 1.29 is 0 Å². The van der Waals surface area contributed by atoms with Gasteiger partial charge in [-0.1, -0.05) is 43.7 Å². The zero-order valence-corrected chi connectivity index (χ0v) is 13.9. The molecule has 1 unspecified atom stereocenters. The minimum atomic E-state index is 0.226. The van der Waals surface area contributed by atoms with Crippen molar-refractivity contribution in [3.8, 4) is 0 Å². The molecule has 1 saturated carbocycles. The fraction of sp³-hybridized carbons (Fsp3) is 0.684. The quantitative estimate of drug-likeness (QED) is 0.900. The van der Waals surface area contributed by atoms with Gasteiger partial charge < -0.3 is 5.32 Å². The van der Waals surface area contributed by atoms with E-state index in [0.29, 0.717) is 11.5 Å². The van der Waals surface area contributed by atoms with Gasteiger partial charge >= 0.3 is 0 Å². The lowest BCUT2D eigenvalue weighted by atomic mass is 9.66. The van der Waals surface area contributed by atoms with Crippen molar-refractivity contribution in [1.29, 1.82) is 0 Å². The largest absolute Gasteiger partial charge is 0.309 e. The first-order valence-electron chi connectivity index (χ1n) is 8.58. The zero-order chi connectivity index (χ0) is 14.9. The fourth-order valence-electron chi connectivity index (χ4n) is 4.08. The van der Waals surface area contributed by atoms with Gasteiger partial charge in [-0.25, -0.2) is 0 Å².